The molecule has 1 rings (SSSR count). The fraction of sp³-hybridized carbons (Fsp3) is 1.00. The molecule has 0 aliphatic heterocycles. The second kappa shape index (κ2) is 14.0. The van der Waals surface area contributed by atoms with Crippen LogP contribution in [0.3, 0.4) is 0 Å². The third kappa shape index (κ3) is 9.45. The van der Waals surface area contributed by atoms with E-state index in [2.05, 4.69) is 37.6 Å². The first-order chi connectivity index (χ1) is 10.1. The van der Waals surface area contributed by atoms with Gasteiger partial charge in [0.2, 0.25) is 0 Å². The van der Waals surface area contributed by atoms with E-state index in [1.54, 1.807) is 19.3 Å². The number of hydrogen-bond acceptors (Lipinski definition) is 0. The van der Waals surface area contributed by atoms with E-state index in [0.29, 0.717) is 19.2 Å². The molecular weight excluding hydrogens is 326 g/mol. The molecule has 1 fully saturated rings. The molecule has 0 heterocycles. The molecule has 1 aliphatic carbocycles. The fourth-order valence-electron chi connectivity index (χ4n) is 3.72. The van der Waals surface area contributed by atoms with Crippen molar-refractivity contribution in [3.05, 3.63) is 0 Å². The van der Waals surface area contributed by atoms with Crippen LogP contribution in [0.1, 0.15) is 71.6 Å². The summed E-state index contributed by atoms with van der Waals surface area (Å²) >= 11 is 0.500. The molecule has 21 heavy (non-hydrogen) atoms. The normalized spacial score (nSPS) is 25.2. The van der Waals surface area contributed by atoms with Crippen LogP contribution in [-0.4, -0.2) is 24.6 Å². The van der Waals surface area contributed by atoms with E-state index in [1.807, 2.05) is 0 Å². The third-order valence-electron chi connectivity index (χ3n) is 4.87. The van der Waals surface area contributed by atoms with Gasteiger partial charge in [-0.05, 0) is 62.2 Å². The Hall–Kier alpha value is 1.57. The summed E-state index contributed by atoms with van der Waals surface area (Å²) in [4.78, 5) is 0. The van der Waals surface area contributed by atoms with Gasteiger partial charge >= 0.3 is 29.6 Å². The van der Waals surface area contributed by atoms with Crippen LogP contribution in [0.5, 0.6) is 0 Å². The van der Waals surface area contributed by atoms with E-state index in [0.717, 1.165) is 16.7 Å². The zero-order valence-electron chi connectivity index (χ0n) is 15.5. The minimum absolute atomic E-state index is 0.500. The molecule has 0 N–H and O–H groups in total. The van der Waals surface area contributed by atoms with Crippen molar-refractivity contribution in [2.24, 2.45) is 5.41 Å². The van der Waals surface area contributed by atoms with Gasteiger partial charge in [0, 0.05) is 0 Å². The second-order valence-electron chi connectivity index (χ2n) is 6.82. The predicted molar refractivity (Wildman–Crippen MR) is 103 cm³/mol. The zero-order chi connectivity index (χ0) is 16.1. The van der Waals surface area contributed by atoms with Gasteiger partial charge in [-0.15, -0.1) is 17.2 Å². The molecule has 0 aromatic heterocycles. The molecule has 1 saturated carbocycles. The summed E-state index contributed by atoms with van der Waals surface area (Å²) in [6, 6.07) is 0. The van der Waals surface area contributed by atoms with Crippen molar-refractivity contribution in [2.45, 2.75) is 93.4 Å². The molecule has 0 radical (unpaired) electrons. The van der Waals surface area contributed by atoms with Crippen LogP contribution in [0.4, 0.5) is 0 Å². The molecule has 0 aromatic rings. The number of unbranched alkanes of at least 4 members (excludes halogenated alkanes) is 2. The molecule has 0 nitrogen and oxygen atoms in total. The average Bonchev–Trinajstić information content (AvgIpc) is 2.51. The zero-order valence-corrected chi connectivity index (χ0v) is 19.1. The van der Waals surface area contributed by atoms with E-state index < -0.39 is 0 Å². The van der Waals surface area contributed by atoms with Crippen LogP contribution in [0.2, 0.25) is 10.5 Å². The van der Waals surface area contributed by atoms with Gasteiger partial charge in [-0.2, -0.15) is 0 Å². The van der Waals surface area contributed by atoms with Crippen molar-refractivity contribution in [1.29, 1.82) is 0 Å². The van der Waals surface area contributed by atoms with Gasteiger partial charge in [0.05, 0.1) is 0 Å². The maximum absolute atomic E-state index is 2.44. The summed E-state index contributed by atoms with van der Waals surface area (Å²) in [5.41, 5.74) is 2.86. The first kappa shape index (κ1) is 22.6. The predicted octanol–water partition coefficient (Wildman–Crippen LogP) is 7.06. The molecule has 0 saturated heterocycles. The Morgan fingerprint density at radius 3 is 1.57 bits per heavy atom. The Morgan fingerprint density at radius 1 is 0.905 bits per heavy atom. The van der Waals surface area contributed by atoms with Crippen LogP contribution >= 0.6 is 17.2 Å². The van der Waals surface area contributed by atoms with Crippen LogP contribution in [0.15, 0.2) is 0 Å². The molecule has 126 valence electrons. The standard InChI is InChI=1S/C16H34P2.2CH3.Ti/c1-5-7-9-16(10-8-6-2)12-14(17-3)11-15(13-16)18-4;;;/h14-15,17-18H,5-13H2,1-4H3;2*1H3;. The SMILES string of the molecule is CCCCC1(CCCC)CC(PC)CC(PC)C1.[CH3][Ti][CH3]. The van der Waals surface area contributed by atoms with E-state index in [1.165, 1.54) is 55.7 Å². The summed E-state index contributed by atoms with van der Waals surface area (Å²) in [6.45, 7) is 9.59. The minimum atomic E-state index is 0.500. The molecule has 0 amide bonds. The van der Waals surface area contributed by atoms with Crippen molar-refractivity contribution in [3.8, 4) is 0 Å². The summed E-state index contributed by atoms with van der Waals surface area (Å²) in [5.74, 6) is 0. The van der Waals surface area contributed by atoms with Crippen LogP contribution in [-0.2, 0) is 19.2 Å². The van der Waals surface area contributed by atoms with Crippen LogP contribution in [0, 0.1) is 5.41 Å². The van der Waals surface area contributed by atoms with E-state index in [9.17, 15) is 0 Å². The summed E-state index contributed by atoms with van der Waals surface area (Å²) in [6.07, 6.45) is 13.4. The van der Waals surface area contributed by atoms with Crippen molar-refractivity contribution in [3.63, 3.8) is 0 Å². The van der Waals surface area contributed by atoms with Crippen molar-refractivity contribution < 1.29 is 19.2 Å². The molecule has 0 aromatic carbocycles. The average molecular weight is 366 g/mol. The Kier molecular flexibility index (Phi) is 15.0. The molecule has 3 heteroatoms. The summed E-state index contributed by atoms with van der Waals surface area (Å²) in [7, 11) is 2.35. The van der Waals surface area contributed by atoms with Gasteiger partial charge < -0.3 is 0 Å². The van der Waals surface area contributed by atoms with Gasteiger partial charge in [-0.25, -0.2) is 0 Å². The Labute approximate surface area is 148 Å². The van der Waals surface area contributed by atoms with Gasteiger partial charge in [-0.1, -0.05) is 39.5 Å². The van der Waals surface area contributed by atoms with Gasteiger partial charge in [0.25, 0.3) is 0 Å². The van der Waals surface area contributed by atoms with E-state index in [-0.39, 0.29) is 0 Å². The molecule has 1 aliphatic rings. The molecule has 0 bridgehead atoms. The molecule has 4 atom stereocenters. The van der Waals surface area contributed by atoms with Crippen molar-refractivity contribution >= 4 is 17.2 Å². The quantitative estimate of drug-likeness (QED) is 0.319. The summed E-state index contributed by atoms with van der Waals surface area (Å²) < 4.78 is 0. The van der Waals surface area contributed by atoms with Crippen molar-refractivity contribution in [1.82, 2.24) is 0 Å². The fourth-order valence-corrected chi connectivity index (χ4v) is 6.27. The Bertz CT molecular complexity index is 211. The third-order valence-corrected chi connectivity index (χ3v) is 7.38. The molecule has 0 spiro atoms. The van der Waals surface area contributed by atoms with Crippen molar-refractivity contribution in [2.75, 3.05) is 13.3 Å². The summed E-state index contributed by atoms with van der Waals surface area (Å²) in [5, 5.41) is 4.50. The topological polar surface area (TPSA) is 0 Å². The van der Waals surface area contributed by atoms with Crippen LogP contribution < -0.4 is 0 Å². The molecular formula is C18H40P2Ti. The van der Waals surface area contributed by atoms with E-state index >= 15 is 0 Å². The Morgan fingerprint density at radius 2 is 1.29 bits per heavy atom. The van der Waals surface area contributed by atoms with Gasteiger partial charge in [0.1, 0.15) is 0 Å². The number of hydrogen-bond donors (Lipinski definition) is 0. The Balaban J connectivity index is 0.00000122. The second-order valence-corrected chi connectivity index (χ2v) is 11.2. The van der Waals surface area contributed by atoms with E-state index in [4.69, 9.17) is 0 Å². The maximum atomic E-state index is 2.44. The monoisotopic (exact) mass is 366 g/mol. The first-order valence-corrected chi connectivity index (χ1v) is 15.3. The number of rotatable bonds is 8. The first-order valence-electron chi connectivity index (χ1n) is 9.04. The van der Waals surface area contributed by atoms with Gasteiger partial charge in [0.15, 0.2) is 0 Å². The van der Waals surface area contributed by atoms with Crippen LogP contribution in [0.25, 0.3) is 0 Å². The molecule has 4 unspecified atom stereocenters. The van der Waals surface area contributed by atoms with Gasteiger partial charge in [-0.3, -0.25) is 0 Å².